The number of halogens is 1. The zero-order valence-corrected chi connectivity index (χ0v) is 11.9. The van der Waals surface area contributed by atoms with Gasteiger partial charge >= 0.3 is 0 Å². The number of aryl methyl sites for hydroxylation is 1. The number of hydrogen-bond donors (Lipinski definition) is 1. The molecule has 1 aromatic heterocycles. The number of hydrogen-bond acceptors (Lipinski definition) is 3. The molecule has 0 atom stereocenters. The molecule has 1 N–H and O–H groups in total. The molecular formula is C15H17ClN2O. The third kappa shape index (κ3) is 3.94. The number of pyridine rings is 1. The smallest absolute Gasteiger partial charge is 0.131 e. The Kier molecular flexibility index (Phi) is 4.77. The van der Waals surface area contributed by atoms with E-state index in [0.29, 0.717) is 5.02 Å². The van der Waals surface area contributed by atoms with Crippen LogP contribution in [-0.2, 0) is 6.54 Å². The van der Waals surface area contributed by atoms with Crippen LogP contribution in [0.5, 0.6) is 11.5 Å². The third-order valence-electron chi connectivity index (χ3n) is 2.72. The van der Waals surface area contributed by atoms with Crippen LogP contribution in [0.1, 0.15) is 18.2 Å². The fourth-order valence-electron chi connectivity index (χ4n) is 1.68. The minimum Gasteiger partial charge on any atom is -0.457 e. The second kappa shape index (κ2) is 6.55. The maximum atomic E-state index is 5.98. The highest BCUT2D eigenvalue weighted by Crippen LogP contribution is 2.27. The first-order chi connectivity index (χ1) is 9.19. The van der Waals surface area contributed by atoms with Crippen LogP contribution in [-0.4, -0.2) is 11.5 Å². The van der Waals surface area contributed by atoms with Gasteiger partial charge in [0.15, 0.2) is 0 Å². The fraction of sp³-hybridized carbons (Fsp3) is 0.267. The molecule has 0 spiro atoms. The summed E-state index contributed by atoms with van der Waals surface area (Å²) in [6.07, 6.45) is 1.75. The molecule has 2 aromatic rings. The molecule has 3 nitrogen and oxygen atoms in total. The first-order valence-electron chi connectivity index (χ1n) is 6.28. The molecule has 0 aliphatic heterocycles. The van der Waals surface area contributed by atoms with E-state index in [-0.39, 0.29) is 0 Å². The van der Waals surface area contributed by atoms with Crippen LogP contribution in [0.15, 0.2) is 36.5 Å². The highest BCUT2D eigenvalue weighted by molar-refractivity contribution is 6.30. The van der Waals surface area contributed by atoms with E-state index in [1.54, 1.807) is 6.20 Å². The van der Waals surface area contributed by atoms with E-state index < -0.39 is 0 Å². The molecule has 0 fully saturated rings. The second-order valence-corrected chi connectivity index (χ2v) is 4.71. The average Bonchev–Trinajstić information content (AvgIpc) is 2.41. The van der Waals surface area contributed by atoms with Gasteiger partial charge in [-0.2, -0.15) is 0 Å². The van der Waals surface area contributed by atoms with Crippen molar-refractivity contribution in [2.24, 2.45) is 0 Å². The van der Waals surface area contributed by atoms with Crippen LogP contribution in [0.25, 0.3) is 0 Å². The minimum atomic E-state index is 0.669. The predicted molar refractivity (Wildman–Crippen MR) is 77.9 cm³/mol. The largest absolute Gasteiger partial charge is 0.457 e. The van der Waals surface area contributed by atoms with Gasteiger partial charge in [0, 0.05) is 23.8 Å². The molecule has 4 heteroatoms. The van der Waals surface area contributed by atoms with Gasteiger partial charge in [0.25, 0.3) is 0 Å². The zero-order chi connectivity index (χ0) is 13.7. The van der Waals surface area contributed by atoms with Gasteiger partial charge < -0.3 is 10.1 Å². The van der Waals surface area contributed by atoms with Crippen molar-refractivity contribution < 1.29 is 4.74 Å². The normalized spacial score (nSPS) is 10.5. The molecule has 0 saturated carbocycles. The SMILES string of the molecule is CCNCc1cc(Oc2cc(Cl)ccc2C)ccn1. The van der Waals surface area contributed by atoms with Gasteiger partial charge in [-0.1, -0.05) is 24.6 Å². The average molecular weight is 277 g/mol. The summed E-state index contributed by atoms with van der Waals surface area (Å²) >= 11 is 5.98. The summed E-state index contributed by atoms with van der Waals surface area (Å²) in [6, 6.07) is 9.39. The van der Waals surface area contributed by atoms with E-state index in [2.05, 4.69) is 17.2 Å². The fourth-order valence-corrected chi connectivity index (χ4v) is 1.84. The third-order valence-corrected chi connectivity index (χ3v) is 2.96. The molecule has 0 amide bonds. The van der Waals surface area contributed by atoms with Crippen LogP contribution in [0, 0.1) is 6.92 Å². The Bertz CT molecular complexity index is 558. The Balaban J connectivity index is 2.16. The number of aromatic nitrogens is 1. The Hall–Kier alpha value is -1.58. The molecule has 1 heterocycles. The molecule has 0 aliphatic carbocycles. The second-order valence-electron chi connectivity index (χ2n) is 4.28. The molecule has 0 bridgehead atoms. The Morgan fingerprint density at radius 3 is 2.89 bits per heavy atom. The molecule has 2 rings (SSSR count). The first-order valence-corrected chi connectivity index (χ1v) is 6.66. The van der Waals surface area contributed by atoms with Gasteiger partial charge in [0.1, 0.15) is 11.5 Å². The molecule has 0 saturated heterocycles. The van der Waals surface area contributed by atoms with Gasteiger partial charge in [-0.05, 0) is 37.2 Å². The number of nitrogens with one attached hydrogen (secondary N) is 1. The molecule has 0 aliphatic rings. The number of benzene rings is 1. The predicted octanol–water partition coefficient (Wildman–Crippen LogP) is 3.95. The van der Waals surface area contributed by atoms with Gasteiger partial charge in [-0.25, -0.2) is 0 Å². The van der Waals surface area contributed by atoms with Crippen LogP contribution >= 0.6 is 11.6 Å². The van der Waals surface area contributed by atoms with Crippen molar-refractivity contribution in [3.63, 3.8) is 0 Å². The van der Waals surface area contributed by atoms with Crippen molar-refractivity contribution in [1.29, 1.82) is 0 Å². The molecule has 100 valence electrons. The molecule has 0 radical (unpaired) electrons. The van der Waals surface area contributed by atoms with Crippen LogP contribution < -0.4 is 10.1 Å². The Morgan fingerprint density at radius 1 is 1.26 bits per heavy atom. The summed E-state index contributed by atoms with van der Waals surface area (Å²) < 4.78 is 5.86. The van der Waals surface area contributed by atoms with Crippen LogP contribution in [0.4, 0.5) is 0 Å². The molecule has 19 heavy (non-hydrogen) atoms. The van der Waals surface area contributed by atoms with Crippen LogP contribution in [0.2, 0.25) is 5.02 Å². The van der Waals surface area contributed by atoms with Crippen LogP contribution in [0.3, 0.4) is 0 Å². The van der Waals surface area contributed by atoms with E-state index in [9.17, 15) is 0 Å². The lowest BCUT2D eigenvalue weighted by molar-refractivity contribution is 0.476. The first kappa shape index (κ1) is 13.8. The van der Waals surface area contributed by atoms with Crippen molar-refractivity contribution in [2.45, 2.75) is 20.4 Å². The van der Waals surface area contributed by atoms with E-state index in [4.69, 9.17) is 16.3 Å². The molecule has 1 aromatic carbocycles. The monoisotopic (exact) mass is 276 g/mol. The van der Waals surface area contributed by atoms with E-state index in [1.807, 2.05) is 37.3 Å². The van der Waals surface area contributed by atoms with Gasteiger partial charge in [0.05, 0.1) is 5.69 Å². The maximum Gasteiger partial charge on any atom is 0.131 e. The standard InChI is InChI=1S/C15H17ClN2O/c1-3-17-10-13-9-14(6-7-18-13)19-15-8-12(16)5-4-11(15)2/h4-9,17H,3,10H2,1-2H3. The van der Waals surface area contributed by atoms with Crippen molar-refractivity contribution in [3.05, 3.63) is 52.8 Å². The Morgan fingerprint density at radius 2 is 2.11 bits per heavy atom. The lowest BCUT2D eigenvalue weighted by atomic mass is 10.2. The summed E-state index contributed by atoms with van der Waals surface area (Å²) in [5.74, 6) is 1.54. The number of ether oxygens (including phenoxy) is 1. The van der Waals surface area contributed by atoms with E-state index in [1.165, 1.54) is 0 Å². The van der Waals surface area contributed by atoms with Crippen molar-refractivity contribution in [1.82, 2.24) is 10.3 Å². The van der Waals surface area contributed by atoms with Crippen molar-refractivity contribution in [2.75, 3.05) is 6.54 Å². The topological polar surface area (TPSA) is 34.1 Å². The lowest BCUT2D eigenvalue weighted by Gasteiger charge is -2.10. The summed E-state index contributed by atoms with van der Waals surface area (Å²) in [4.78, 5) is 4.29. The summed E-state index contributed by atoms with van der Waals surface area (Å²) in [6.45, 7) is 5.71. The minimum absolute atomic E-state index is 0.669. The van der Waals surface area contributed by atoms with Gasteiger partial charge in [0.2, 0.25) is 0 Å². The highest BCUT2D eigenvalue weighted by Gasteiger charge is 2.04. The van der Waals surface area contributed by atoms with E-state index >= 15 is 0 Å². The summed E-state index contributed by atoms with van der Waals surface area (Å²) in [5, 5.41) is 3.91. The lowest BCUT2D eigenvalue weighted by Crippen LogP contribution is -2.12. The summed E-state index contributed by atoms with van der Waals surface area (Å²) in [5.41, 5.74) is 2.01. The van der Waals surface area contributed by atoms with Gasteiger partial charge in [-0.15, -0.1) is 0 Å². The van der Waals surface area contributed by atoms with Crippen molar-refractivity contribution in [3.8, 4) is 11.5 Å². The van der Waals surface area contributed by atoms with Gasteiger partial charge in [-0.3, -0.25) is 4.98 Å². The number of rotatable bonds is 5. The highest BCUT2D eigenvalue weighted by atomic mass is 35.5. The maximum absolute atomic E-state index is 5.98. The Labute approximate surface area is 118 Å². The summed E-state index contributed by atoms with van der Waals surface area (Å²) in [7, 11) is 0. The van der Waals surface area contributed by atoms with Crippen molar-refractivity contribution >= 4 is 11.6 Å². The van der Waals surface area contributed by atoms with E-state index in [0.717, 1.165) is 35.8 Å². The molecule has 0 unspecified atom stereocenters. The quantitative estimate of drug-likeness (QED) is 0.898. The number of nitrogens with zero attached hydrogens (tertiary/aromatic N) is 1. The zero-order valence-electron chi connectivity index (χ0n) is 11.1. The molecular weight excluding hydrogens is 260 g/mol.